The first-order valence-corrected chi connectivity index (χ1v) is 18.6. The highest BCUT2D eigenvalue weighted by Crippen LogP contribution is 2.36. The van der Waals surface area contributed by atoms with Crippen molar-refractivity contribution >= 4 is 27.7 Å². The second-order valence-corrected chi connectivity index (χ2v) is 13.0. The average Bonchev–Trinajstić information content (AvgIpc) is 3.64. The highest BCUT2D eigenvalue weighted by atomic mass is 16.3. The van der Waals surface area contributed by atoms with Gasteiger partial charge in [-0.2, -0.15) is 0 Å². The van der Waals surface area contributed by atoms with Gasteiger partial charge in [0.25, 0.3) is 0 Å². The molecule has 1 N–H and O–H groups in total. The summed E-state index contributed by atoms with van der Waals surface area (Å²) in [5, 5.41) is 11.0. The maximum Gasteiger partial charge on any atom is 0.136 e. The molecule has 1 heterocycles. The van der Waals surface area contributed by atoms with Gasteiger partial charge in [-0.3, -0.25) is 5.41 Å². The second kappa shape index (κ2) is 16.7. The first-order valence-electron chi connectivity index (χ1n) is 18.6. The third-order valence-electron chi connectivity index (χ3n) is 9.51. The van der Waals surface area contributed by atoms with E-state index in [1.54, 1.807) is 0 Å². The fourth-order valence-corrected chi connectivity index (χ4v) is 6.73. The summed E-state index contributed by atoms with van der Waals surface area (Å²) in [6.07, 6.45) is 0. The van der Waals surface area contributed by atoms with Crippen LogP contribution in [0.15, 0.2) is 205 Å². The van der Waals surface area contributed by atoms with Crippen LogP contribution in [0.25, 0.3) is 66.4 Å². The zero-order chi connectivity index (χ0) is 37.3. The smallest absolute Gasteiger partial charge is 0.136 e. The Morgan fingerprint density at radius 2 is 0.815 bits per heavy atom. The monoisotopic (exact) mass is 697 g/mol. The molecule has 0 bridgehead atoms. The Hall–Kier alpha value is -6.77. The molecule has 262 valence electrons. The van der Waals surface area contributed by atoms with Gasteiger partial charge in [0, 0.05) is 21.9 Å². The fourth-order valence-electron chi connectivity index (χ4n) is 6.73. The fraction of sp³-hybridized carbons (Fsp3) is 0.0577. The average molecular weight is 698 g/mol. The highest BCUT2D eigenvalue weighted by molar-refractivity contribution is 6.23. The molecule has 0 spiro atoms. The Labute approximate surface area is 318 Å². The van der Waals surface area contributed by atoms with Crippen LogP contribution in [0.3, 0.4) is 0 Å². The summed E-state index contributed by atoms with van der Waals surface area (Å²) in [5.41, 5.74) is 14.7. The van der Waals surface area contributed by atoms with Crippen molar-refractivity contribution in [1.82, 2.24) is 0 Å². The Balaban J connectivity index is 0.000000446. The first-order chi connectivity index (χ1) is 26.6. The first kappa shape index (κ1) is 35.6. The molecule has 0 saturated heterocycles. The van der Waals surface area contributed by atoms with E-state index in [0.29, 0.717) is 5.71 Å². The summed E-state index contributed by atoms with van der Waals surface area (Å²) in [5.74, 6) is 0. The van der Waals surface area contributed by atoms with E-state index in [2.05, 4.69) is 134 Å². The van der Waals surface area contributed by atoms with Gasteiger partial charge in [0.05, 0.1) is 5.71 Å². The molecule has 54 heavy (non-hydrogen) atoms. The number of aryl methyl sites for hydroxylation is 1. The molecule has 8 aromatic carbocycles. The lowest BCUT2D eigenvalue weighted by Crippen LogP contribution is -2.01. The summed E-state index contributed by atoms with van der Waals surface area (Å²) in [6.45, 7) is 6.08. The van der Waals surface area contributed by atoms with Crippen molar-refractivity contribution in [2.75, 3.05) is 0 Å². The maximum atomic E-state index is 8.96. The van der Waals surface area contributed by atoms with E-state index >= 15 is 0 Å². The van der Waals surface area contributed by atoms with Crippen molar-refractivity contribution in [3.8, 4) is 44.5 Å². The van der Waals surface area contributed by atoms with Crippen molar-refractivity contribution < 1.29 is 4.42 Å². The van der Waals surface area contributed by atoms with Crippen molar-refractivity contribution in [2.45, 2.75) is 20.8 Å². The number of furan rings is 1. The van der Waals surface area contributed by atoms with Crippen LogP contribution >= 0.6 is 0 Å². The van der Waals surface area contributed by atoms with Crippen LogP contribution in [0.1, 0.15) is 30.5 Å². The van der Waals surface area contributed by atoms with Crippen LogP contribution in [-0.2, 0) is 0 Å². The van der Waals surface area contributed by atoms with E-state index in [1.165, 1.54) is 38.9 Å². The van der Waals surface area contributed by atoms with Gasteiger partial charge in [0.15, 0.2) is 0 Å². The third-order valence-corrected chi connectivity index (χ3v) is 9.51. The molecule has 2 nitrogen and oxygen atoms in total. The van der Waals surface area contributed by atoms with Crippen molar-refractivity contribution in [3.63, 3.8) is 0 Å². The second-order valence-electron chi connectivity index (χ2n) is 13.0. The summed E-state index contributed by atoms with van der Waals surface area (Å²) in [7, 11) is 0. The van der Waals surface area contributed by atoms with Crippen LogP contribution in [0.4, 0.5) is 0 Å². The summed E-state index contributed by atoms with van der Waals surface area (Å²) >= 11 is 0. The van der Waals surface area contributed by atoms with Crippen molar-refractivity contribution in [3.05, 3.63) is 217 Å². The minimum atomic E-state index is 0.494. The van der Waals surface area contributed by atoms with Crippen molar-refractivity contribution in [2.24, 2.45) is 0 Å². The van der Waals surface area contributed by atoms with E-state index in [-0.39, 0.29) is 0 Å². The zero-order valence-corrected chi connectivity index (χ0v) is 31.0. The van der Waals surface area contributed by atoms with Crippen LogP contribution in [0.5, 0.6) is 0 Å². The lowest BCUT2D eigenvalue weighted by Gasteiger charge is -2.09. The van der Waals surface area contributed by atoms with E-state index in [9.17, 15) is 0 Å². The SMILES string of the molecule is CC.Cc1ccccc1.N=C(c1ccccc1)c1cccc2oc3ccc(-c4ccc(-c5ccc(-c6cccc(-c7ccccc7)c6)cc5)cc4)cc3c12. The summed E-state index contributed by atoms with van der Waals surface area (Å²) in [6, 6.07) is 69.2. The molecule has 0 aliphatic carbocycles. The molecule has 0 atom stereocenters. The van der Waals surface area contributed by atoms with E-state index < -0.39 is 0 Å². The lowest BCUT2D eigenvalue weighted by molar-refractivity contribution is 0.669. The standard InChI is InChI=1S/C43H29NO.C7H8.C2H6/c44-43(34-11-5-2-6-12-34)38-15-8-16-41-42(38)39-28-37(25-26-40(39)45-41)33-23-19-31(20-24-33)30-17-21-32(22-18-30)36-14-7-13-35(27-36)29-9-3-1-4-10-29;1-7-5-3-2-4-6-7;1-2/h1-28,44H;2-6H,1H3;1-2H3. The molecular weight excluding hydrogens is 655 g/mol. The van der Waals surface area contributed by atoms with E-state index in [1.807, 2.05) is 86.6 Å². The minimum Gasteiger partial charge on any atom is -0.456 e. The quantitative estimate of drug-likeness (QED) is 0.173. The normalized spacial score (nSPS) is 10.6. The van der Waals surface area contributed by atoms with Crippen molar-refractivity contribution in [1.29, 1.82) is 5.41 Å². The Bertz CT molecular complexity index is 2600. The summed E-state index contributed by atoms with van der Waals surface area (Å²) in [4.78, 5) is 0. The predicted octanol–water partition coefficient (Wildman–Crippen LogP) is 14.7. The molecule has 0 radical (unpaired) electrons. The topological polar surface area (TPSA) is 37.0 Å². The highest BCUT2D eigenvalue weighted by Gasteiger charge is 2.16. The molecule has 9 rings (SSSR count). The van der Waals surface area contributed by atoms with Crippen LogP contribution in [-0.4, -0.2) is 5.71 Å². The largest absolute Gasteiger partial charge is 0.456 e. The van der Waals surface area contributed by atoms with E-state index in [4.69, 9.17) is 9.83 Å². The number of fused-ring (bicyclic) bond motifs is 3. The maximum absolute atomic E-state index is 8.96. The third kappa shape index (κ3) is 7.84. The molecule has 0 aliphatic rings. The van der Waals surface area contributed by atoms with Gasteiger partial charge < -0.3 is 4.42 Å². The van der Waals surface area contributed by atoms with Gasteiger partial charge >= 0.3 is 0 Å². The van der Waals surface area contributed by atoms with Crippen LogP contribution in [0, 0.1) is 12.3 Å². The van der Waals surface area contributed by atoms with Gasteiger partial charge in [0.2, 0.25) is 0 Å². The molecule has 2 heteroatoms. The molecule has 0 aliphatic heterocycles. The Kier molecular flexibility index (Phi) is 11.0. The number of nitrogens with one attached hydrogen (secondary N) is 1. The molecule has 0 unspecified atom stereocenters. The minimum absolute atomic E-state index is 0.494. The zero-order valence-electron chi connectivity index (χ0n) is 31.0. The van der Waals surface area contributed by atoms with Gasteiger partial charge in [-0.05, 0) is 75.7 Å². The van der Waals surface area contributed by atoms with Gasteiger partial charge in [-0.15, -0.1) is 0 Å². The van der Waals surface area contributed by atoms with Crippen LogP contribution in [0.2, 0.25) is 0 Å². The molecule has 9 aromatic rings. The molecule has 0 amide bonds. The number of benzene rings is 8. The number of hydrogen-bond acceptors (Lipinski definition) is 2. The van der Waals surface area contributed by atoms with Gasteiger partial charge in [-0.1, -0.05) is 195 Å². The Morgan fingerprint density at radius 3 is 1.35 bits per heavy atom. The van der Waals surface area contributed by atoms with E-state index in [0.717, 1.165) is 44.2 Å². The number of rotatable bonds is 6. The molecule has 0 saturated carbocycles. The molecular formula is C52H43NO. The summed E-state index contributed by atoms with van der Waals surface area (Å²) < 4.78 is 6.22. The Morgan fingerprint density at radius 1 is 0.389 bits per heavy atom. The van der Waals surface area contributed by atoms with Crippen LogP contribution < -0.4 is 0 Å². The predicted molar refractivity (Wildman–Crippen MR) is 230 cm³/mol. The molecule has 1 aromatic heterocycles. The number of hydrogen-bond donors (Lipinski definition) is 1. The van der Waals surface area contributed by atoms with Gasteiger partial charge in [-0.25, -0.2) is 0 Å². The lowest BCUT2D eigenvalue weighted by atomic mass is 9.95. The molecule has 0 fully saturated rings. The van der Waals surface area contributed by atoms with Gasteiger partial charge in [0.1, 0.15) is 11.2 Å².